The van der Waals surface area contributed by atoms with E-state index in [1.807, 2.05) is 0 Å². The Morgan fingerprint density at radius 1 is 0.872 bits per heavy atom. The first-order valence-corrected chi connectivity index (χ1v) is 13.5. The van der Waals surface area contributed by atoms with Gasteiger partial charge in [0, 0.05) is 19.7 Å². The summed E-state index contributed by atoms with van der Waals surface area (Å²) in [6.07, 6.45) is 0. The number of nitrogens with one attached hydrogen (secondary N) is 1. The van der Waals surface area contributed by atoms with E-state index in [1.165, 1.54) is 51.5 Å². The summed E-state index contributed by atoms with van der Waals surface area (Å²) in [6.45, 7) is 1.02. The zero-order valence-corrected chi connectivity index (χ0v) is 23.4. The molecule has 0 unspecified atom stereocenters. The monoisotopic (exact) mass is 555 g/mol. The van der Waals surface area contributed by atoms with Gasteiger partial charge in [-0.3, -0.25) is 13.9 Å². The van der Waals surface area contributed by atoms with E-state index in [0.717, 1.165) is 4.31 Å². The molecule has 10 nitrogen and oxygen atoms in total. The third-order valence-corrected chi connectivity index (χ3v) is 7.94. The van der Waals surface area contributed by atoms with Crippen molar-refractivity contribution in [1.29, 1.82) is 0 Å². The second kappa shape index (κ2) is 13.0. The van der Waals surface area contributed by atoms with Crippen molar-refractivity contribution < 1.29 is 32.2 Å². The molecule has 11 heteroatoms. The zero-order valence-electron chi connectivity index (χ0n) is 22.6. The van der Waals surface area contributed by atoms with Gasteiger partial charge >= 0.3 is 0 Å². The van der Waals surface area contributed by atoms with E-state index in [-0.39, 0.29) is 22.9 Å². The lowest BCUT2D eigenvalue weighted by Gasteiger charge is -2.32. The van der Waals surface area contributed by atoms with Crippen molar-refractivity contribution >= 4 is 27.5 Å². The molecule has 0 aromatic heterocycles. The highest BCUT2D eigenvalue weighted by molar-refractivity contribution is 7.92. The van der Waals surface area contributed by atoms with Gasteiger partial charge in [-0.25, -0.2) is 8.42 Å². The van der Waals surface area contributed by atoms with Gasteiger partial charge in [-0.1, -0.05) is 30.3 Å². The Morgan fingerprint density at radius 2 is 1.54 bits per heavy atom. The molecule has 3 aromatic carbocycles. The van der Waals surface area contributed by atoms with Gasteiger partial charge in [0.05, 0.1) is 31.9 Å². The minimum absolute atomic E-state index is 0.0126. The quantitative estimate of drug-likeness (QED) is 0.365. The maximum Gasteiger partial charge on any atom is 0.264 e. The van der Waals surface area contributed by atoms with E-state index in [9.17, 15) is 18.0 Å². The summed E-state index contributed by atoms with van der Waals surface area (Å²) in [5.74, 6) is 0.183. The Labute approximate surface area is 229 Å². The number of hydrogen-bond donors (Lipinski definition) is 1. The third kappa shape index (κ3) is 6.80. The van der Waals surface area contributed by atoms with Crippen molar-refractivity contribution in [2.75, 3.05) is 39.2 Å². The molecule has 1 atom stereocenters. The van der Waals surface area contributed by atoms with E-state index in [2.05, 4.69) is 5.32 Å². The number of hydrogen-bond acceptors (Lipinski definition) is 7. The van der Waals surface area contributed by atoms with Gasteiger partial charge in [-0.2, -0.15) is 0 Å². The number of sulfonamides is 1. The summed E-state index contributed by atoms with van der Waals surface area (Å²) in [4.78, 5) is 27.9. The standard InChI is InChI=1S/C28H33N3O7S/c1-20(28(33)29-2)30(18-21-10-9-11-22(16-21)36-3)27(32)19-31(39(34,35)24-12-7-6-8-13-24)25-17-23(37-4)14-15-26(25)38-5/h6-17,20H,18-19H2,1-5H3,(H,29,33)/t20-/m1/s1. The summed E-state index contributed by atoms with van der Waals surface area (Å²) in [7, 11) is 1.62. The van der Waals surface area contributed by atoms with Gasteiger partial charge in [0.25, 0.3) is 10.0 Å². The first-order valence-electron chi connectivity index (χ1n) is 12.1. The number of anilines is 1. The Morgan fingerprint density at radius 3 is 2.15 bits per heavy atom. The maximum absolute atomic E-state index is 13.9. The predicted molar refractivity (Wildman–Crippen MR) is 148 cm³/mol. The largest absolute Gasteiger partial charge is 0.497 e. The summed E-state index contributed by atoms with van der Waals surface area (Å²) < 4.78 is 44.9. The summed E-state index contributed by atoms with van der Waals surface area (Å²) in [5, 5.41) is 2.56. The van der Waals surface area contributed by atoms with Crippen molar-refractivity contribution in [3.63, 3.8) is 0 Å². The van der Waals surface area contributed by atoms with Crippen LogP contribution in [0.4, 0.5) is 5.69 Å². The van der Waals surface area contributed by atoms with Gasteiger partial charge in [-0.05, 0) is 48.9 Å². The molecule has 208 valence electrons. The molecule has 0 aliphatic heterocycles. The molecule has 0 heterocycles. The van der Waals surface area contributed by atoms with Gasteiger partial charge in [-0.15, -0.1) is 0 Å². The molecule has 0 aliphatic rings. The van der Waals surface area contributed by atoms with Crippen LogP contribution in [-0.4, -0.2) is 66.1 Å². The third-order valence-electron chi connectivity index (χ3n) is 6.17. The molecule has 0 fully saturated rings. The molecule has 1 N–H and O–H groups in total. The molecular formula is C28H33N3O7S. The van der Waals surface area contributed by atoms with Crippen LogP contribution in [0.15, 0.2) is 77.7 Å². The maximum atomic E-state index is 13.9. The molecule has 0 saturated heterocycles. The van der Waals surface area contributed by atoms with Crippen molar-refractivity contribution in [3.05, 3.63) is 78.4 Å². The fourth-order valence-electron chi connectivity index (χ4n) is 3.98. The number of methoxy groups -OCH3 is 3. The number of carbonyl (C=O) groups is 2. The van der Waals surface area contributed by atoms with Crippen LogP contribution in [0.1, 0.15) is 12.5 Å². The van der Waals surface area contributed by atoms with Crippen LogP contribution in [0, 0.1) is 0 Å². The molecule has 0 radical (unpaired) electrons. The first kappa shape index (κ1) is 29.3. The fraction of sp³-hybridized carbons (Fsp3) is 0.286. The Bertz CT molecular complexity index is 1400. The van der Waals surface area contributed by atoms with E-state index in [0.29, 0.717) is 17.1 Å². The second-order valence-corrected chi connectivity index (χ2v) is 10.4. The minimum Gasteiger partial charge on any atom is -0.497 e. The van der Waals surface area contributed by atoms with Crippen LogP contribution in [0.5, 0.6) is 17.2 Å². The molecule has 3 rings (SSSR count). The lowest BCUT2D eigenvalue weighted by Crippen LogP contribution is -2.50. The highest BCUT2D eigenvalue weighted by Crippen LogP contribution is 2.36. The van der Waals surface area contributed by atoms with Gasteiger partial charge in [0.1, 0.15) is 29.8 Å². The number of ether oxygens (including phenoxy) is 3. The molecule has 2 amide bonds. The average molecular weight is 556 g/mol. The number of amides is 2. The fourth-order valence-corrected chi connectivity index (χ4v) is 5.42. The van der Waals surface area contributed by atoms with Crippen molar-refractivity contribution in [1.82, 2.24) is 10.2 Å². The molecule has 0 aliphatic carbocycles. The van der Waals surface area contributed by atoms with E-state index < -0.39 is 34.4 Å². The SMILES string of the molecule is CNC(=O)[C@@H](C)N(Cc1cccc(OC)c1)C(=O)CN(c1cc(OC)ccc1OC)S(=O)(=O)c1ccccc1. The van der Waals surface area contributed by atoms with Crippen molar-refractivity contribution in [2.24, 2.45) is 0 Å². The van der Waals surface area contributed by atoms with Crippen molar-refractivity contribution in [2.45, 2.75) is 24.4 Å². The van der Waals surface area contributed by atoms with Gasteiger partial charge in [0.2, 0.25) is 11.8 Å². The van der Waals surface area contributed by atoms with E-state index in [1.54, 1.807) is 61.5 Å². The summed E-state index contributed by atoms with van der Waals surface area (Å²) in [5.41, 5.74) is 0.817. The first-order chi connectivity index (χ1) is 18.7. The number of benzene rings is 3. The molecule has 3 aromatic rings. The smallest absolute Gasteiger partial charge is 0.264 e. The van der Waals surface area contributed by atoms with Crippen LogP contribution in [0.3, 0.4) is 0 Å². The second-order valence-electron chi connectivity index (χ2n) is 8.53. The number of rotatable bonds is 12. The number of likely N-dealkylation sites (N-methyl/N-ethyl adjacent to an activating group) is 1. The highest BCUT2D eigenvalue weighted by atomic mass is 32.2. The average Bonchev–Trinajstić information content (AvgIpc) is 2.97. The molecule has 39 heavy (non-hydrogen) atoms. The molecule has 0 saturated carbocycles. The van der Waals surface area contributed by atoms with Gasteiger partial charge in [0.15, 0.2) is 0 Å². The molecule has 0 bridgehead atoms. The lowest BCUT2D eigenvalue weighted by molar-refractivity contribution is -0.139. The Hall–Kier alpha value is -4.25. The Balaban J connectivity index is 2.11. The molecule has 0 spiro atoms. The minimum atomic E-state index is -4.25. The zero-order chi connectivity index (χ0) is 28.6. The lowest BCUT2D eigenvalue weighted by atomic mass is 10.1. The van der Waals surface area contributed by atoms with Crippen LogP contribution < -0.4 is 23.8 Å². The van der Waals surface area contributed by atoms with Crippen LogP contribution in [0.25, 0.3) is 0 Å². The number of nitrogens with zero attached hydrogens (tertiary/aromatic N) is 2. The summed E-state index contributed by atoms with van der Waals surface area (Å²) >= 11 is 0. The Kier molecular flexibility index (Phi) is 9.78. The normalized spacial score (nSPS) is 11.7. The molecular weight excluding hydrogens is 522 g/mol. The topological polar surface area (TPSA) is 114 Å². The number of carbonyl (C=O) groups excluding carboxylic acids is 2. The van der Waals surface area contributed by atoms with E-state index in [4.69, 9.17) is 14.2 Å². The van der Waals surface area contributed by atoms with Crippen molar-refractivity contribution in [3.8, 4) is 17.2 Å². The van der Waals surface area contributed by atoms with E-state index >= 15 is 0 Å². The van der Waals surface area contributed by atoms with Gasteiger partial charge < -0.3 is 24.4 Å². The highest BCUT2D eigenvalue weighted by Gasteiger charge is 2.34. The summed E-state index contributed by atoms with van der Waals surface area (Å²) in [6, 6.07) is 18.6. The van der Waals surface area contributed by atoms with Crippen LogP contribution in [0.2, 0.25) is 0 Å². The van der Waals surface area contributed by atoms with Crippen LogP contribution in [-0.2, 0) is 26.2 Å². The van der Waals surface area contributed by atoms with Crippen LogP contribution >= 0.6 is 0 Å². The predicted octanol–water partition coefficient (Wildman–Crippen LogP) is 3.07.